The van der Waals surface area contributed by atoms with Gasteiger partial charge in [-0.3, -0.25) is 4.79 Å². The summed E-state index contributed by atoms with van der Waals surface area (Å²) < 4.78 is 0. The number of anilines is 1. The van der Waals surface area contributed by atoms with Gasteiger partial charge in [-0.1, -0.05) is 18.2 Å². The van der Waals surface area contributed by atoms with Crippen LogP contribution in [-0.4, -0.2) is 13.0 Å². The summed E-state index contributed by atoms with van der Waals surface area (Å²) in [5, 5.41) is 8.00. The van der Waals surface area contributed by atoms with Gasteiger partial charge in [-0.25, -0.2) is 0 Å². The highest BCUT2D eigenvalue weighted by Gasteiger charge is 2.11. The predicted octanol–water partition coefficient (Wildman–Crippen LogP) is 3.03. The average molecular weight is 260 g/mol. The zero-order valence-electron chi connectivity index (χ0n) is 10.5. The van der Waals surface area contributed by atoms with Crippen LogP contribution in [0.25, 0.3) is 0 Å². The van der Waals surface area contributed by atoms with Gasteiger partial charge in [0.05, 0.1) is 4.88 Å². The molecule has 0 spiro atoms. The highest BCUT2D eigenvalue weighted by Crippen LogP contribution is 2.20. The van der Waals surface area contributed by atoms with Crippen LogP contribution in [0, 0.1) is 6.92 Å². The Morgan fingerprint density at radius 2 is 2.06 bits per heavy atom. The second-order valence-electron chi connectivity index (χ2n) is 4.07. The molecule has 0 saturated heterocycles. The monoisotopic (exact) mass is 260 g/mol. The summed E-state index contributed by atoms with van der Waals surface area (Å²) in [6, 6.07) is 9.79. The zero-order valence-corrected chi connectivity index (χ0v) is 11.3. The quantitative estimate of drug-likeness (QED) is 0.887. The topological polar surface area (TPSA) is 41.1 Å². The minimum atomic E-state index is -0.0361. The first-order chi connectivity index (χ1) is 8.72. The number of rotatable bonds is 4. The average Bonchev–Trinajstić information content (AvgIpc) is 2.78. The van der Waals surface area contributed by atoms with E-state index in [4.69, 9.17) is 0 Å². The standard InChI is InChI=1S/C14H16N2OS/c1-10-7-8-18-13(10)14(17)16-12-6-4-3-5-11(12)9-15-2/h3-8,15H,9H2,1-2H3,(H,16,17). The zero-order chi connectivity index (χ0) is 13.0. The Bertz CT molecular complexity index is 548. The van der Waals surface area contributed by atoms with Crippen LogP contribution < -0.4 is 10.6 Å². The van der Waals surface area contributed by atoms with Gasteiger partial charge in [-0.05, 0) is 42.6 Å². The normalized spacial score (nSPS) is 10.3. The number of para-hydroxylation sites is 1. The molecule has 4 heteroatoms. The van der Waals surface area contributed by atoms with E-state index in [2.05, 4.69) is 10.6 Å². The summed E-state index contributed by atoms with van der Waals surface area (Å²) >= 11 is 1.47. The van der Waals surface area contributed by atoms with Gasteiger partial charge in [0, 0.05) is 12.2 Å². The number of hydrogen-bond acceptors (Lipinski definition) is 3. The summed E-state index contributed by atoms with van der Waals surface area (Å²) in [6.45, 7) is 2.69. The summed E-state index contributed by atoms with van der Waals surface area (Å²) in [7, 11) is 1.89. The van der Waals surface area contributed by atoms with Crippen molar-refractivity contribution in [3.8, 4) is 0 Å². The molecule has 3 nitrogen and oxygen atoms in total. The third-order valence-corrected chi connectivity index (χ3v) is 3.72. The van der Waals surface area contributed by atoms with Crippen molar-refractivity contribution >= 4 is 22.9 Å². The van der Waals surface area contributed by atoms with Gasteiger partial charge in [0.25, 0.3) is 5.91 Å². The lowest BCUT2D eigenvalue weighted by molar-refractivity contribution is 0.103. The fourth-order valence-corrected chi connectivity index (χ4v) is 2.59. The van der Waals surface area contributed by atoms with Crippen molar-refractivity contribution in [1.29, 1.82) is 0 Å². The Hall–Kier alpha value is -1.65. The van der Waals surface area contributed by atoms with Gasteiger partial charge in [0.2, 0.25) is 0 Å². The molecular formula is C14H16N2OS. The summed E-state index contributed by atoms with van der Waals surface area (Å²) in [5.74, 6) is -0.0361. The molecule has 2 N–H and O–H groups in total. The van der Waals surface area contributed by atoms with E-state index in [1.54, 1.807) is 0 Å². The molecule has 94 valence electrons. The third kappa shape index (κ3) is 2.78. The van der Waals surface area contributed by atoms with Crippen molar-refractivity contribution in [2.45, 2.75) is 13.5 Å². The fraction of sp³-hybridized carbons (Fsp3) is 0.214. The van der Waals surface area contributed by atoms with Crippen LogP contribution in [0.3, 0.4) is 0 Å². The highest BCUT2D eigenvalue weighted by molar-refractivity contribution is 7.12. The van der Waals surface area contributed by atoms with E-state index >= 15 is 0 Å². The summed E-state index contributed by atoms with van der Waals surface area (Å²) in [4.78, 5) is 12.9. The lowest BCUT2D eigenvalue weighted by Crippen LogP contribution is -2.15. The number of nitrogens with one attached hydrogen (secondary N) is 2. The Morgan fingerprint density at radius 1 is 1.28 bits per heavy atom. The minimum absolute atomic E-state index is 0.0361. The lowest BCUT2D eigenvalue weighted by atomic mass is 10.1. The van der Waals surface area contributed by atoms with Gasteiger partial charge < -0.3 is 10.6 Å². The van der Waals surface area contributed by atoms with Crippen LogP contribution in [0.2, 0.25) is 0 Å². The molecule has 0 atom stereocenters. The van der Waals surface area contributed by atoms with Gasteiger partial charge in [-0.15, -0.1) is 11.3 Å². The molecule has 0 saturated carbocycles. The van der Waals surface area contributed by atoms with Crippen LogP contribution in [0.15, 0.2) is 35.7 Å². The molecule has 2 rings (SSSR count). The van der Waals surface area contributed by atoms with Crippen molar-refractivity contribution in [3.63, 3.8) is 0 Å². The molecule has 18 heavy (non-hydrogen) atoms. The van der Waals surface area contributed by atoms with E-state index in [1.165, 1.54) is 11.3 Å². The Balaban J connectivity index is 2.19. The number of aryl methyl sites for hydroxylation is 1. The van der Waals surface area contributed by atoms with E-state index in [-0.39, 0.29) is 5.91 Å². The maximum atomic E-state index is 12.1. The number of hydrogen-bond donors (Lipinski definition) is 2. The summed E-state index contributed by atoms with van der Waals surface area (Å²) in [6.07, 6.45) is 0. The van der Waals surface area contributed by atoms with Gasteiger partial charge in [0.1, 0.15) is 0 Å². The van der Waals surface area contributed by atoms with Crippen molar-refractivity contribution < 1.29 is 4.79 Å². The number of carbonyl (C=O) groups is 1. The lowest BCUT2D eigenvalue weighted by Gasteiger charge is -2.10. The van der Waals surface area contributed by atoms with Crippen LogP contribution in [0.5, 0.6) is 0 Å². The molecule has 0 unspecified atom stereocenters. The predicted molar refractivity (Wildman–Crippen MR) is 76.2 cm³/mol. The molecule has 1 amide bonds. The first-order valence-corrected chi connectivity index (χ1v) is 6.68. The van der Waals surface area contributed by atoms with Crippen molar-refractivity contribution in [2.75, 3.05) is 12.4 Å². The van der Waals surface area contributed by atoms with Gasteiger partial charge in [-0.2, -0.15) is 0 Å². The molecule has 0 aliphatic carbocycles. The smallest absolute Gasteiger partial charge is 0.266 e. The number of amides is 1. The molecule has 1 aromatic heterocycles. The first-order valence-electron chi connectivity index (χ1n) is 5.80. The second-order valence-corrected chi connectivity index (χ2v) is 4.99. The van der Waals surface area contributed by atoms with Crippen molar-refractivity contribution in [3.05, 3.63) is 51.7 Å². The van der Waals surface area contributed by atoms with E-state index in [1.807, 2.05) is 49.7 Å². The molecule has 2 aromatic rings. The number of thiophene rings is 1. The highest BCUT2D eigenvalue weighted by atomic mass is 32.1. The first kappa shape index (κ1) is 12.8. The maximum absolute atomic E-state index is 12.1. The minimum Gasteiger partial charge on any atom is -0.321 e. The molecule has 0 bridgehead atoms. The van der Waals surface area contributed by atoms with E-state index in [9.17, 15) is 4.79 Å². The Labute approximate surface area is 111 Å². The van der Waals surface area contributed by atoms with E-state index in [0.717, 1.165) is 28.2 Å². The van der Waals surface area contributed by atoms with Gasteiger partial charge >= 0.3 is 0 Å². The van der Waals surface area contributed by atoms with E-state index in [0.29, 0.717) is 0 Å². The molecule has 0 radical (unpaired) electrons. The maximum Gasteiger partial charge on any atom is 0.266 e. The fourth-order valence-electron chi connectivity index (χ4n) is 1.77. The van der Waals surface area contributed by atoms with Crippen molar-refractivity contribution in [1.82, 2.24) is 5.32 Å². The molecule has 1 heterocycles. The molecule has 1 aromatic carbocycles. The van der Waals surface area contributed by atoms with Crippen LogP contribution in [0.1, 0.15) is 20.8 Å². The molecule has 0 aliphatic rings. The largest absolute Gasteiger partial charge is 0.321 e. The Kier molecular flexibility index (Phi) is 4.12. The Morgan fingerprint density at radius 3 is 2.72 bits per heavy atom. The SMILES string of the molecule is CNCc1ccccc1NC(=O)c1sccc1C. The third-order valence-electron chi connectivity index (χ3n) is 2.70. The number of benzene rings is 1. The van der Waals surface area contributed by atoms with Crippen LogP contribution in [0.4, 0.5) is 5.69 Å². The van der Waals surface area contributed by atoms with Crippen molar-refractivity contribution in [2.24, 2.45) is 0 Å². The molecular weight excluding hydrogens is 244 g/mol. The summed E-state index contributed by atoms with van der Waals surface area (Å²) in [5.41, 5.74) is 2.97. The molecule has 0 aliphatic heterocycles. The molecule has 0 fully saturated rings. The van der Waals surface area contributed by atoms with E-state index < -0.39 is 0 Å². The van der Waals surface area contributed by atoms with Gasteiger partial charge in [0.15, 0.2) is 0 Å². The van der Waals surface area contributed by atoms with Crippen LogP contribution in [-0.2, 0) is 6.54 Å². The number of carbonyl (C=O) groups excluding carboxylic acids is 1. The van der Waals surface area contributed by atoms with Crippen LogP contribution >= 0.6 is 11.3 Å². The second kappa shape index (κ2) is 5.80.